The first-order valence-corrected chi connectivity index (χ1v) is 9.82. The minimum absolute atomic E-state index is 0.0331. The predicted molar refractivity (Wildman–Crippen MR) is 111 cm³/mol. The molecule has 0 aliphatic rings. The van der Waals surface area contributed by atoms with Crippen LogP contribution >= 0.6 is 0 Å². The second kappa shape index (κ2) is 8.87. The predicted octanol–water partition coefficient (Wildman–Crippen LogP) is 3.24. The third-order valence-electron chi connectivity index (χ3n) is 4.80. The van der Waals surface area contributed by atoms with Crippen LogP contribution in [0.5, 0.6) is 0 Å². The van der Waals surface area contributed by atoms with Gasteiger partial charge in [-0.3, -0.25) is 9.48 Å². The molecule has 148 valence electrons. The first-order chi connectivity index (χ1) is 13.4. The van der Waals surface area contributed by atoms with Crippen LogP contribution in [-0.2, 0) is 24.2 Å². The maximum absolute atomic E-state index is 12.4. The lowest BCUT2D eigenvalue weighted by Gasteiger charge is -2.08. The zero-order chi connectivity index (χ0) is 20.1. The van der Waals surface area contributed by atoms with Crippen molar-refractivity contribution in [3.63, 3.8) is 0 Å². The van der Waals surface area contributed by atoms with Gasteiger partial charge in [-0.25, -0.2) is 4.68 Å². The third kappa shape index (κ3) is 4.88. The molecule has 0 unspecified atom stereocenters. The Kier molecular flexibility index (Phi) is 6.29. The van der Waals surface area contributed by atoms with Gasteiger partial charge in [-0.15, -0.1) is 0 Å². The van der Waals surface area contributed by atoms with E-state index in [4.69, 9.17) is 0 Å². The summed E-state index contributed by atoms with van der Waals surface area (Å²) in [6.45, 7) is 9.83. The average molecular weight is 380 g/mol. The van der Waals surface area contributed by atoms with Crippen LogP contribution in [0.2, 0.25) is 0 Å². The molecule has 0 radical (unpaired) electrons. The summed E-state index contributed by atoms with van der Waals surface area (Å²) in [6.07, 6.45) is 4.98. The van der Waals surface area contributed by atoms with Crippen molar-refractivity contribution in [3.05, 3.63) is 65.2 Å². The van der Waals surface area contributed by atoms with Gasteiger partial charge in [0.15, 0.2) is 0 Å². The van der Waals surface area contributed by atoms with Gasteiger partial charge in [-0.2, -0.15) is 10.2 Å². The summed E-state index contributed by atoms with van der Waals surface area (Å²) in [5.74, 6) is 0.558. The molecule has 0 saturated heterocycles. The van der Waals surface area contributed by atoms with Gasteiger partial charge in [-0.05, 0) is 43.9 Å². The molecule has 3 aromatic rings. The van der Waals surface area contributed by atoms with Crippen LogP contribution < -0.4 is 5.32 Å². The maximum Gasteiger partial charge on any atom is 0.224 e. The first-order valence-electron chi connectivity index (χ1n) is 9.82. The summed E-state index contributed by atoms with van der Waals surface area (Å²) in [7, 11) is 0. The fraction of sp³-hybridized carbons (Fsp3) is 0.409. The molecule has 0 saturated carbocycles. The van der Waals surface area contributed by atoms with Crippen molar-refractivity contribution < 1.29 is 4.79 Å². The molecule has 2 heterocycles. The highest BCUT2D eigenvalue weighted by Gasteiger charge is 2.15. The molecule has 1 aromatic carbocycles. The number of aryl methyl sites for hydroxylation is 1. The first kappa shape index (κ1) is 19.9. The minimum Gasteiger partial charge on any atom is -0.355 e. The highest BCUT2D eigenvalue weighted by molar-refractivity contribution is 5.79. The smallest absolute Gasteiger partial charge is 0.224 e. The van der Waals surface area contributed by atoms with Crippen LogP contribution in [0.3, 0.4) is 0 Å². The van der Waals surface area contributed by atoms with Gasteiger partial charge >= 0.3 is 0 Å². The van der Waals surface area contributed by atoms with Gasteiger partial charge in [0.05, 0.1) is 24.0 Å². The molecule has 0 fully saturated rings. The molecule has 6 nitrogen and oxygen atoms in total. The van der Waals surface area contributed by atoms with E-state index in [0.29, 0.717) is 18.9 Å². The number of rotatable bonds is 8. The number of carbonyl (C=O) groups excluding carboxylic acids is 1. The van der Waals surface area contributed by atoms with E-state index < -0.39 is 0 Å². The molecular formula is C22H29N5O. The molecule has 1 amide bonds. The Labute approximate surface area is 166 Å². The van der Waals surface area contributed by atoms with Gasteiger partial charge in [0.2, 0.25) is 5.91 Å². The Balaban J connectivity index is 1.52. The molecule has 1 N–H and O–H groups in total. The van der Waals surface area contributed by atoms with E-state index in [2.05, 4.69) is 29.4 Å². The van der Waals surface area contributed by atoms with E-state index in [0.717, 1.165) is 41.2 Å². The van der Waals surface area contributed by atoms with E-state index >= 15 is 0 Å². The normalized spacial score (nSPS) is 11.2. The fourth-order valence-electron chi connectivity index (χ4n) is 3.29. The van der Waals surface area contributed by atoms with Gasteiger partial charge in [0.25, 0.3) is 0 Å². The number of para-hydroxylation sites is 1. The molecule has 0 bridgehead atoms. The van der Waals surface area contributed by atoms with E-state index in [-0.39, 0.29) is 5.91 Å². The van der Waals surface area contributed by atoms with Crippen LogP contribution in [0.1, 0.15) is 36.4 Å². The largest absolute Gasteiger partial charge is 0.355 e. The minimum atomic E-state index is 0.0331. The SMILES string of the molecule is Cc1nn(CC(C)C)c(C)c1CC(=O)NCCc1cnn(-c2ccccc2)c1. The van der Waals surface area contributed by atoms with Crippen LogP contribution in [0.4, 0.5) is 0 Å². The molecule has 2 aromatic heterocycles. The Morgan fingerprint density at radius 1 is 1.18 bits per heavy atom. The fourth-order valence-corrected chi connectivity index (χ4v) is 3.29. The quantitative estimate of drug-likeness (QED) is 0.653. The number of hydrogen-bond donors (Lipinski definition) is 1. The van der Waals surface area contributed by atoms with E-state index in [1.165, 1.54) is 0 Å². The zero-order valence-corrected chi connectivity index (χ0v) is 17.1. The standard InChI is InChI=1S/C22H29N5O/c1-16(2)14-26-18(4)21(17(3)25-26)12-22(28)23-11-10-19-13-24-27(15-19)20-8-6-5-7-9-20/h5-9,13,15-16H,10-12,14H2,1-4H3,(H,23,28). The van der Waals surface area contributed by atoms with E-state index in [1.807, 2.05) is 65.9 Å². The van der Waals surface area contributed by atoms with Crippen molar-refractivity contribution in [3.8, 4) is 5.69 Å². The Morgan fingerprint density at radius 3 is 2.64 bits per heavy atom. The number of nitrogens with one attached hydrogen (secondary N) is 1. The summed E-state index contributed by atoms with van der Waals surface area (Å²) in [5, 5.41) is 12.0. The van der Waals surface area contributed by atoms with Crippen LogP contribution in [0.15, 0.2) is 42.7 Å². The van der Waals surface area contributed by atoms with Crippen molar-refractivity contribution in [1.29, 1.82) is 0 Å². The number of carbonyl (C=O) groups is 1. The van der Waals surface area contributed by atoms with Crippen LogP contribution in [0.25, 0.3) is 5.69 Å². The summed E-state index contributed by atoms with van der Waals surface area (Å²) >= 11 is 0. The number of hydrogen-bond acceptors (Lipinski definition) is 3. The second-order valence-corrected chi connectivity index (χ2v) is 7.63. The summed E-state index contributed by atoms with van der Waals surface area (Å²) in [4.78, 5) is 12.4. The van der Waals surface area contributed by atoms with Crippen molar-refractivity contribution in [2.45, 2.75) is 47.1 Å². The monoisotopic (exact) mass is 379 g/mol. The number of aromatic nitrogens is 4. The molecule has 3 rings (SSSR count). The van der Waals surface area contributed by atoms with E-state index in [9.17, 15) is 4.79 Å². The summed E-state index contributed by atoms with van der Waals surface area (Å²) < 4.78 is 3.87. The Bertz CT molecular complexity index is 924. The second-order valence-electron chi connectivity index (χ2n) is 7.63. The lowest BCUT2D eigenvalue weighted by atomic mass is 10.1. The summed E-state index contributed by atoms with van der Waals surface area (Å²) in [6, 6.07) is 10.00. The lowest BCUT2D eigenvalue weighted by Crippen LogP contribution is -2.27. The average Bonchev–Trinajstić information content (AvgIpc) is 3.23. The Hall–Kier alpha value is -2.89. The Morgan fingerprint density at radius 2 is 1.93 bits per heavy atom. The number of nitrogens with zero attached hydrogens (tertiary/aromatic N) is 4. The number of benzene rings is 1. The molecule has 0 spiro atoms. The van der Waals surface area contributed by atoms with Gasteiger partial charge in [0.1, 0.15) is 0 Å². The van der Waals surface area contributed by atoms with E-state index in [1.54, 1.807) is 0 Å². The zero-order valence-electron chi connectivity index (χ0n) is 17.1. The van der Waals surface area contributed by atoms with Crippen molar-refractivity contribution in [1.82, 2.24) is 24.9 Å². The van der Waals surface area contributed by atoms with Crippen molar-refractivity contribution in [2.24, 2.45) is 5.92 Å². The van der Waals surface area contributed by atoms with Crippen LogP contribution in [0, 0.1) is 19.8 Å². The highest BCUT2D eigenvalue weighted by atomic mass is 16.1. The molecule has 28 heavy (non-hydrogen) atoms. The lowest BCUT2D eigenvalue weighted by molar-refractivity contribution is -0.120. The highest BCUT2D eigenvalue weighted by Crippen LogP contribution is 2.15. The van der Waals surface area contributed by atoms with Crippen molar-refractivity contribution in [2.75, 3.05) is 6.54 Å². The van der Waals surface area contributed by atoms with Gasteiger partial charge in [0, 0.05) is 30.5 Å². The summed E-state index contributed by atoms with van der Waals surface area (Å²) in [5.41, 5.74) is 5.20. The van der Waals surface area contributed by atoms with Gasteiger partial charge < -0.3 is 5.32 Å². The molecule has 0 atom stereocenters. The maximum atomic E-state index is 12.4. The topological polar surface area (TPSA) is 64.7 Å². The molecule has 0 aliphatic heterocycles. The molecular weight excluding hydrogens is 350 g/mol. The number of amides is 1. The third-order valence-corrected chi connectivity index (χ3v) is 4.80. The molecule has 6 heteroatoms. The van der Waals surface area contributed by atoms with Crippen LogP contribution in [-0.4, -0.2) is 32.0 Å². The molecule has 0 aliphatic carbocycles. The van der Waals surface area contributed by atoms with Gasteiger partial charge in [-0.1, -0.05) is 32.0 Å². The van der Waals surface area contributed by atoms with Crippen molar-refractivity contribution >= 4 is 5.91 Å².